The van der Waals surface area contributed by atoms with Crippen LogP contribution >= 0.6 is 7.82 Å². The molecule has 3 aromatic heterocycles. The zero-order valence-corrected chi connectivity index (χ0v) is 28.0. The first kappa shape index (κ1) is 32.4. The highest BCUT2D eigenvalue weighted by molar-refractivity contribution is 7.48. The highest BCUT2D eigenvalue weighted by Crippen LogP contribution is 2.55. The summed E-state index contributed by atoms with van der Waals surface area (Å²) in [6.07, 6.45) is 5.09. The van der Waals surface area contributed by atoms with Crippen LogP contribution in [0.15, 0.2) is 67.1 Å². The third-order valence-electron chi connectivity index (χ3n) is 6.71. The number of phosphoric acid groups is 1. The second-order valence-corrected chi connectivity index (χ2v) is 14.6. The van der Waals surface area contributed by atoms with Crippen molar-refractivity contribution in [1.82, 2.24) is 29.7 Å². The van der Waals surface area contributed by atoms with Gasteiger partial charge in [0.15, 0.2) is 12.6 Å². The minimum Gasteiger partial charge on any atom is -0.332 e. The van der Waals surface area contributed by atoms with E-state index in [1.807, 2.05) is 23.1 Å². The van der Waals surface area contributed by atoms with Gasteiger partial charge in [0.05, 0.1) is 16.7 Å². The van der Waals surface area contributed by atoms with E-state index in [0.717, 1.165) is 27.6 Å². The molecule has 11 nitrogen and oxygen atoms in total. The quantitative estimate of drug-likeness (QED) is 0.133. The fourth-order valence-corrected chi connectivity index (χ4v) is 6.65. The van der Waals surface area contributed by atoms with E-state index in [0.29, 0.717) is 36.3 Å². The van der Waals surface area contributed by atoms with Gasteiger partial charge in [0.2, 0.25) is 5.95 Å². The summed E-state index contributed by atoms with van der Waals surface area (Å²) >= 11 is 0. The van der Waals surface area contributed by atoms with Gasteiger partial charge in [-0.2, -0.15) is 5.10 Å². The van der Waals surface area contributed by atoms with Crippen LogP contribution in [0.25, 0.3) is 22.4 Å². The first-order valence-corrected chi connectivity index (χ1v) is 16.5. The van der Waals surface area contributed by atoms with Crippen LogP contribution in [0.4, 0.5) is 10.3 Å². The molecule has 0 saturated heterocycles. The van der Waals surface area contributed by atoms with Crippen LogP contribution in [0.2, 0.25) is 0 Å². The van der Waals surface area contributed by atoms with Crippen molar-refractivity contribution in [2.75, 3.05) is 4.90 Å². The van der Waals surface area contributed by atoms with E-state index < -0.39 is 19.0 Å². The summed E-state index contributed by atoms with van der Waals surface area (Å²) in [6.45, 7) is 11.7. The molecule has 0 bridgehead atoms. The summed E-state index contributed by atoms with van der Waals surface area (Å²) in [6, 6.07) is 13.9. The second kappa shape index (κ2) is 12.6. The van der Waals surface area contributed by atoms with Gasteiger partial charge in [-0.3, -0.25) is 13.6 Å². The van der Waals surface area contributed by atoms with E-state index in [1.54, 1.807) is 89.1 Å². The molecule has 242 valence electrons. The highest BCUT2D eigenvalue weighted by Gasteiger charge is 2.37. The Hall–Kier alpha value is -4.53. The number of benzene rings is 2. The standard InChI is InChI=1S/C34H35FN7O4P/c1-33(2,3)45-47(43,46-34(4,5)6)44-22-42-21-26-17-23(8-12-29(26)40-42)7-11-28-13-15-36-31(38-28)30-14-16-37-32(39-30)41-19-24-9-10-27(35)18-25(24)20-41/h8-10,12-18,21H,19-20,22H2,1-6H3. The fourth-order valence-electron chi connectivity index (χ4n) is 4.91. The zero-order chi connectivity index (χ0) is 33.4. The van der Waals surface area contributed by atoms with Crippen LogP contribution in [-0.2, 0) is 38.0 Å². The van der Waals surface area contributed by atoms with Crippen LogP contribution < -0.4 is 4.90 Å². The van der Waals surface area contributed by atoms with Gasteiger partial charge in [-0.15, -0.1) is 0 Å². The molecule has 47 heavy (non-hydrogen) atoms. The van der Waals surface area contributed by atoms with Crippen LogP contribution in [0.5, 0.6) is 0 Å². The molecule has 1 aliphatic rings. The molecule has 2 aromatic carbocycles. The van der Waals surface area contributed by atoms with Crippen molar-refractivity contribution in [2.45, 2.75) is 72.6 Å². The molecule has 0 spiro atoms. The molecular weight excluding hydrogens is 620 g/mol. The number of halogens is 1. The second-order valence-electron chi connectivity index (χ2n) is 13.1. The van der Waals surface area contributed by atoms with Gasteiger partial charge in [0.25, 0.3) is 0 Å². The van der Waals surface area contributed by atoms with Gasteiger partial charge in [-0.25, -0.2) is 33.6 Å². The number of nitrogens with zero attached hydrogens (tertiary/aromatic N) is 7. The van der Waals surface area contributed by atoms with Crippen LogP contribution in [-0.4, -0.2) is 40.9 Å². The minimum absolute atomic E-state index is 0.128. The molecular formula is C34H35FN7O4P. The maximum Gasteiger partial charge on any atom is 0.477 e. The molecule has 0 amide bonds. The zero-order valence-electron chi connectivity index (χ0n) is 27.1. The van der Waals surface area contributed by atoms with E-state index in [4.69, 9.17) is 13.6 Å². The molecule has 0 radical (unpaired) electrons. The molecule has 0 unspecified atom stereocenters. The van der Waals surface area contributed by atoms with Gasteiger partial charge in [0, 0.05) is 42.6 Å². The van der Waals surface area contributed by atoms with E-state index in [9.17, 15) is 8.96 Å². The number of anilines is 1. The summed E-state index contributed by atoms with van der Waals surface area (Å²) in [5, 5.41) is 5.35. The first-order valence-electron chi connectivity index (χ1n) is 15.0. The Kier molecular flexibility index (Phi) is 8.68. The summed E-state index contributed by atoms with van der Waals surface area (Å²) < 4.78 is 45.7. The molecule has 0 aliphatic carbocycles. The normalized spacial score (nSPS) is 13.5. The highest BCUT2D eigenvalue weighted by atomic mass is 31.2. The van der Waals surface area contributed by atoms with Crippen molar-refractivity contribution in [3.8, 4) is 23.4 Å². The third-order valence-corrected chi connectivity index (χ3v) is 8.68. The lowest BCUT2D eigenvalue weighted by Gasteiger charge is -2.30. The van der Waals surface area contributed by atoms with Crippen LogP contribution in [0.3, 0.4) is 0 Å². The first-order chi connectivity index (χ1) is 22.2. The maximum absolute atomic E-state index is 13.7. The summed E-state index contributed by atoms with van der Waals surface area (Å²) in [4.78, 5) is 20.1. The molecule has 0 N–H and O–H groups in total. The largest absolute Gasteiger partial charge is 0.477 e. The molecule has 0 fully saturated rings. The number of hydrogen-bond acceptors (Lipinski definition) is 10. The Morgan fingerprint density at radius 3 is 2.38 bits per heavy atom. The maximum atomic E-state index is 13.7. The Bertz CT molecular complexity index is 2040. The van der Waals surface area contributed by atoms with Crippen molar-refractivity contribution in [2.24, 2.45) is 0 Å². The Morgan fingerprint density at radius 1 is 0.872 bits per heavy atom. The number of rotatable bonds is 7. The average Bonchev–Trinajstić information content (AvgIpc) is 3.61. The lowest BCUT2D eigenvalue weighted by Crippen LogP contribution is -2.25. The number of hydrogen-bond donors (Lipinski definition) is 0. The van der Waals surface area contributed by atoms with Gasteiger partial charge in [-0.1, -0.05) is 12.0 Å². The fraction of sp³-hybridized carbons (Fsp3) is 0.324. The molecule has 5 aromatic rings. The smallest absolute Gasteiger partial charge is 0.332 e. The SMILES string of the molecule is CC(C)(C)OP(=O)(OCn1cc2cc(C#Cc3ccnc(-c4ccnc(N5Cc6ccc(F)cc6C5)n4)n3)ccc2n1)OC(C)(C)C. The molecule has 6 rings (SSSR count). The van der Waals surface area contributed by atoms with E-state index in [1.165, 1.54) is 6.07 Å². The lowest BCUT2D eigenvalue weighted by atomic mass is 10.1. The van der Waals surface area contributed by atoms with Crippen molar-refractivity contribution in [3.63, 3.8) is 0 Å². The van der Waals surface area contributed by atoms with Crippen molar-refractivity contribution in [1.29, 1.82) is 0 Å². The molecule has 0 saturated carbocycles. The van der Waals surface area contributed by atoms with Crippen molar-refractivity contribution in [3.05, 3.63) is 95.3 Å². The van der Waals surface area contributed by atoms with Crippen molar-refractivity contribution >= 4 is 24.7 Å². The third kappa shape index (κ3) is 8.25. The number of phosphoric ester groups is 1. The minimum atomic E-state index is -3.89. The summed E-state index contributed by atoms with van der Waals surface area (Å²) in [5.74, 6) is 6.94. The van der Waals surface area contributed by atoms with E-state index >= 15 is 0 Å². The van der Waals surface area contributed by atoms with Crippen LogP contribution in [0, 0.1) is 17.7 Å². The van der Waals surface area contributed by atoms with Gasteiger partial charge in [-0.05, 0) is 101 Å². The summed E-state index contributed by atoms with van der Waals surface area (Å²) in [7, 11) is -3.89. The molecule has 13 heteroatoms. The lowest BCUT2D eigenvalue weighted by molar-refractivity contribution is -0.00750. The van der Waals surface area contributed by atoms with Gasteiger partial charge < -0.3 is 4.90 Å². The predicted molar refractivity (Wildman–Crippen MR) is 175 cm³/mol. The van der Waals surface area contributed by atoms with Gasteiger partial charge >= 0.3 is 7.82 Å². The Morgan fingerprint density at radius 2 is 1.62 bits per heavy atom. The molecule has 1 aliphatic heterocycles. The topological polar surface area (TPSA) is 117 Å². The molecule has 0 atom stereocenters. The van der Waals surface area contributed by atoms with E-state index in [-0.39, 0.29) is 12.5 Å². The predicted octanol–water partition coefficient (Wildman–Crippen LogP) is 7.05. The van der Waals surface area contributed by atoms with Gasteiger partial charge in [0.1, 0.15) is 17.2 Å². The number of fused-ring (bicyclic) bond motifs is 2. The molecule has 4 heterocycles. The monoisotopic (exact) mass is 655 g/mol. The Labute approximate surface area is 272 Å². The van der Waals surface area contributed by atoms with E-state index in [2.05, 4.69) is 36.9 Å². The summed E-state index contributed by atoms with van der Waals surface area (Å²) in [5.41, 5.74) is 3.05. The van der Waals surface area contributed by atoms with Crippen LogP contribution in [0.1, 0.15) is 63.9 Å². The Balaban J connectivity index is 1.16. The van der Waals surface area contributed by atoms with Crippen molar-refractivity contribution < 1.29 is 22.5 Å². The average molecular weight is 656 g/mol. The number of aromatic nitrogens is 6.